The minimum Gasteiger partial charge on any atom is -0.200 e. The quantitative estimate of drug-likeness (QED) is 0.615. The normalized spacial score (nSPS) is 13.3. The van der Waals surface area contributed by atoms with Crippen molar-refractivity contribution >= 4 is 0 Å². The molecule has 0 bridgehead atoms. The molecule has 3 aromatic rings. The van der Waals surface area contributed by atoms with Crippen LogP contribution in [-0.2, 0) is 13.5 Å². The van der Waals surface area contributed by atoms with E-state index in [1.165, 1.54) is 16.8 Å². The molecule has 0 saturated carbocycles. The summed E-state index contributed by atoms with van der Waals surface area (Å²) in [6.07, 6.45) is 2.22. The van der Waals surface area contributed by atoms with Gasteiger partial charge in [0.1, 0.15) is 7.05 Å². The van der Waals surface area contributed by atoms with Crippen molar-refractivity contribution in [1.82, 2.24) is 0 Å². The van der Waals surface area contributed by atoms with E-state index in [4.69, 9.17) is 4.11 Å². The molecule has 0 amide bonds. The van der Waals surface area contributed by atoms with Crippen LogP contribution in [0.25, 0.3) is 22.4 Å². The average Bonchev–Trinajstić information content (AvgIpc) is 2.55. The van der Waals surface area contributed by atoms with Crippen molar-refractivity contribution in [3.8, 4) is 22.4 Å². The van der Waals surface area contributed by atoms with Crippen molar-refractivity contribution in [1.29, 1.82) is 0 Å². The lowest BCUT2D eigenvalue weighted by atomic mass is 10.0. The van der Waals surface area contributed by atoms with Crippen molar-refractivity contribution in [3.63, 3.8) is 0 Å². The van der Waals surface area contributed by atoms with E-state index < -0.39 is 6.85 Å². The minimum atomic E-state index is -1.93. The maximum Gasteiger partial charge on any atom is 0.212 e. The number of aromatic nitrogens is 1. The van der Waals surface area contributed by atoms with Crippen molar-refractivity contribution < 1.29 is 8.68 Å². The second-order valence-electron chi connectivity index (χ2n) is 5.60. The van der Waals surface area contributed by atoms with Crippen LogP contribution >= 0.6 is 0 Å². The lowest BCUT2D eigenvalue weighted by molar-refractivity contribution is -0.659. The Labute approximate surface area is 137 Å². The Morgan fingerprint density at radius 1 is 0.909 bits per heavy atom. The number of nitrogens with zero attached hydrogens (tertiary/aromatic N) is 1. The van der Waals surface area contributed by atoms with Crippen LogP contribution in [0.3, 0.4) is 0 Å². The molecule has 0 N–H and O–H groups in total. The Hall–Kier alpha value is -2.41. The molecule has 1 aromatic heterocycles. The molecule has 0 atom stereocenters. The fourth-order valence-electron chi connectivity index (χ4n) is 2.73. The summed E-state index contributed by atoms with van der Waals surface area (Å²) in [5.74, 6) is 0. The van der Waals surface area contributed by atoms with Crippen LogP contribution in [0, 0.1) is 6.92 Å². The molecule has 1 nitrogen and oxygen atoms in total. The molecule has 0 saturated heterocycles. The van der Waals surface area contributed by atoms with Crippen LogP contribution in [0.5, 0.6) is 0 Å². The Balaban J connectivity index is 1.89. The Morgan fingerprint density at radius 2 is 1.64 bits per heavy atom. The van der Waals surface area contributed by atoms with E-state index in [0.717, 1.165) is 16.7 Å². The molecule has 1 heteroatoms. The molecule has 0 unspecified atom stereocenters. The topological polar surface area (TPSA) is 3.88 Å². The molecular weight excluding hydrogens is 266 g/mol. The van der Waals surface area contributed by atoms with Crippen LogP contribution in [0.15, 0.2) is 66.9 Å². The van der Waals surface area contributed by atoms with Crippen molar-refractivity contribution in [2.75, 3.05) is 0 Å². The molecule has 0 radical (unpaired) electrons. The first-order valence-electron chi connectivity index (χ1n) is 8.98. The lowest BCUT2D eigenvalue weighted by Crippen LogP contribution is -2.30. The van der Waals surface area contributed by atoms with E-state index in [1.807, 2.05) is 37.4 Å². The molecule has 2 aromatic carbocycles. The van der Waals surface area contributed by atoms with Gasteiger partial charge >= 0.3 is 0 Å². The summed E-state index contributed by atoms with van der Waals surface area (Å²) in [6, 6.07) is 20.4. The third-order valence-electron chi connectivity index (χ3n) is 4.05. The highest BCUT2D eigenvalue weighted by atomic mass is 14.9. The summed E-state index contributed by atoms with van der Waals surface area (Å²) in [6.45, 7) is 0.191. The first-order chi connectivity index (χ1) is 11.8. The molecular formula is C21H22N+. The fraction of sp³-hybridized carbons (Fsp3) is 0.190. The second-order valence-corrected chi connectivity index (χ2v) is 5.60. The Kier molecular flexibility index (Phi) is 3.13. The number of hydrogen-bond acceptors (Lipinski definition) is 0. The minimum absolute atomic E-state index is 0.104. The van der Waals surface area contributed by atoms with Crippen LogP contribution in [0.2, 0.25) is 0 Å². The Bertz CT molecular complexity index is 880. The molecule has 22 heavy (non-hydrogen) atoms. The van der Waals surface area contributed by atoms with E-state index in [9.17, 15) is 0 Å². The van der Waals surface area contributed by atoms with E-state index >= 15 is 0 Å². The summed E-state index contributed by atoms with van der Waals surface area (Å²) in [7, 11) is 2.05. The van der Waals surface area contributed by atoms with Gasteiger partial charge in [-0.3, -0.25) is 0 Å². The van der Waals surface area contributed by atoms with E-state index in [-0.39, 0.29) is 6.42 Å². The molecule has 0 aliphatic rings. The zero-order chi connectivity index (χ0) is 18.0. The molecule has 0 aliphatic heterocycles. The molecule has 1 heterocycles. The maximum atomic E-state index is 7.37. The molecule has 0 spiro atoms. The first-order valence-corrected chi connectivity index (χ1v) is 7.48. The molecule has 3 rings (SSSR count). The zero-order valence-electron chi connectivity index (χ0n) is 16.0. The van der Waals surface area contributed by atoms with Crippen molar-refractivity contribution in [2.24, 2.45) is 7.05 Å². The summed E-state index contributed by atoms with van der Waals surface area (Å²) < 4.78 is 24.2. The largest absolute Gasteiger partial charge is 0.212 e. The number of pyridine rings is 1. The van der Waals surface area contributed by atoms with Crippen LogP contribution in [0.4, 0.5) is 0 Å². The van der Waals surface area contributed by atoms with Gasteiger partial charge in [-0.1, -0.05) is 49.3 Å². The predicted octanol–water partition coefficient (Wildman–Crippen LogP) is 4.72. The lowest BCUT2D eigenvalue weighted by Gasteiger charge is -2.06. The van der Waals surface area contributed by atoms with E-state index in [2.05, 4.69) is 48.0 Å². The predicted molar refractivity (Wildman–Crippen MR) is 92.6 cm³/mol. The van der Waals surface area contributed by atoms with Gasteiger partial charge in [-0.2, -0.15) is 0 Å². The van der Waals surface area contributed by atoms with Gasteiger partial charge < -0.3 is 0 Å². The van der Waals surface area contributed by atoms with Gasteiger partial charge in [0.05, 0.1) is 0 Å². The standard InChI is InChI=1S/C21H22N/c1-4-17-9-11-18(12-10-17)19-13-14-21(22(3)15-19)20-8-6-5-7-16(20)2/h5-15H,4H2,1-3H3/q+1/i1D3. The van der Waals surface area contributed by atoms with Crippen LogP contribution in [-0.4, -0.2) is 0 Å². The van der Waals surface area contributed by atoms with Gasteiger partial charge in [0.25, 0.3) is 0 Å². The van der Waals surface area contributed by atoms with Gasteiger partial charge in [0, 0.05) is 21.3 Å². The van der Waals surface area contributed by atoms with Gasteiger partial charge in [-0.25, -0.2) is 4.57 Å². The number of benzene rings is 2. The maximum absolute atomic E-state index is 7.37. The van der Waals surface area contributed by atoms with Crippen molar-refractivity contribution in [3.05, 3.63) is 78.0 Å². The number of hydrogen-bond donors (Lipinski definition) is 0. The van der Waals surface area contributed by atoms with Gasteiger partial charge in [0.2, 0.25) is 5.69 Å². The zero-order valence-corrected chi connectivity index (χ0v) is 13.0. The summed E-state index contributed by atoms with van der Waals surface area (Å²) in [5.41, 5.74) is 6.68. The van der Waals surface area contributed by atoms with E-state index in [0.29, 0.717) is 0 Å². The summed E-state index contributed by atoms with van der Waals surface area (Å²) >= 11 is 0. The highest BCUT2D eigenvalue weighted by molar-refractivity contribution is 5.66. The first kappa shape index (κ1) is 11.2. The SMILES string of the molecule is [2H]C([2H])([2H])Cc1ccc(-c2ccc(-c3ccccc3C)[n+](C)c2)cc1. The third-order valence-corrected chi connectivity index (χ3v) is 4.05. The molecule has 0 aliphatic carbocycles. The number of rotatable bonds is 3. The molecule has 110 valence electrons. The van der Waals surface area contributed by atoms with Crippen LogP contribution < -0.4 is 4.57 Å². The summed E-state index contributed by atoms with van der Waals surface area (Å²) in [5, 5.41) is 0. The smallest absolute Gasteiger partial charge is 0.200 e. The van der Waals surface area contributed by atoms with E-state index in [1.54, 1.807) is 0 Å². The summed E-state index contributed by atoms with van der Waals surface area (Å²) in [4.78, 5) is 0. The fourth-order valence-corrected chi connectivity index (χ4v) is 2.73. The highest BCUT2D eigenvalue weighted by Gasteiger charge is 2.13. The van der Waals surface area contributed by atoms with Gasteiger partial charge in [-0.15, -0.1) is 0 Å². The van der Waals surface area contributed by atoms with Crippen LogP contribution in [0.1, 0.15) is 22.1 Å². The highest BCUT2D eigenvalue weighted by Crippen LogP contribution is 2.23. The Morgan fingerprint density at radius 3 is 2.32 bits per heavy atom. The second kappa shape index (κ2) is 6.15. The van der Waals surface area contributed by atoms with Gasteiger partial charge in [-0.05, 0) is 42.2 Å². The average molecular weight is 291 g/mol. The molecule has 0 fully saturated rings. The number of aryl methyl sites for hydroxylation is 3. The van der Waals surface area contributed by atoms with Gasteiger partial charge in [0.15, 0.2) is 6.20 Å². The third kappa shape index (κ3) is 2.80. The van der Waals surface area contributed by atoms with Crippen molar-refractivity contribution in [2.45, 2.75) is 20.2 Å². The monoisotopic (exact) mass is 291 g/mol.